The van der Waals surface area contributed by atoms with E-state index < -0.39 is 6.04 Å². The smallest absolute Gasteiger partial charge is 0.254 e. The van der Waals surface area contributed by atoms with E-state index in [4.69, 9.17) is 4.42 Å². The number of benzene rings is 2. The van der Waals surface area contributed by atoms with Crippen LogP contribution >= 0.6 is 0 Å². The summed E-state index contributed by atoms with van der Waals surface area (Å²) in [6.45, 7) is 10.3. The average molecular weight is 496 g/mol. The number of hydrogen-bond donors (Lipinski definition) is 0. The van der Waals surface area contributed by atoms with Crippen LogP contribution in [0.5, 0.6) is 0 Å². The fourth-order valence-electron chi connectivity index (χ4n) is 4.97. The SMILES string of the molecule is CC(C)N(CC(=O)N1c2ccccc2-n2cccc2C1c1ccco1)C(=O)c1ccc(C(C)(C)C)cc1. The van der Waals surface area contributed by atoms with Crippen molar-refractivity contribution in [3.8, 4) is 5.69 Å². The summed E-state index contributed by atoms with van der Waals surface area (Å²) >= 11 is 0. The van der Waals surface area contributed by atoms with Crippen molar-refractivity contribution >= 4 is 17.5 Å². The second-order valence-corrected chi connectivity index (χ2v) is 10.8. The van der Waals surface area contributed by atoms with E-state index in [-0.39, 0.29) is 29.8 Å². The van der Waals surface area contributed by atoms with Gasteiger partial charge in [0.25, 0.3) is 5.91 Å². The summed E-state index contributed by atoms with van der Waals surface area (Å²) < 4.78 is 7.91. The molecule has 5 rings (SSSR count). The average Bonchev–Trinajstić information content (AvgIpc) is 3.58. The Morgan fingerprint density at radius 3 is 2.24 bits per heavy atom. The Labute approximate surface area is 218 Å². The van der Waals surface area contributed by atoms with E-state index in [0.29, 0.717) is 11.3 Å². The first kappa shape index (κ1) is 24.6. The van der Waals surface area contributed by atoms with Crippen molar-refractivity contribution in [2.75, 3.05) is 11.4 Å². The number of nitrogens with zero attached hydrogens (tertiary/aromatic N) is 3. The minimum atomic E-state index is -0.442. The van der Waals surface area contributed by atoms with Crippen molar-refractivity contribution in [2.45, 2.75) is 52.1 Å². The Morgan fingerprint density at radius 1 is 0.919 bits per heavy atom. The lowest BCUT2D eigenvalue weighted by atomic mass is 9.86. The number of aromatic nitrogens is 1. The molecule has 1 aliphatic rings. The van der Waals surface area contributed by atoms with Gasteiger partial charge in [-0.1, -0.05) is 45.0 Å². The molecular formula is C31H33N3O3. The summed E-state index contributed by atoms with van der Waals surface area (Å²) in [5.74, 6) is 0.338. The highest BCUT2D eigenvalue weighted by molar-refractivity contribution is 6.02. The van der Waals surface area contributed by atoms with Crippen molar-refractivity contribution in [3.63, 3.8) is 0 Å². The first-order valence-electron chi connectivity index (χ1n) is 12.7. The molecule has 1 unspecified atom stereocenters. The molecule has 3 heterocycles. The normalized spacial score (nSPS) is 14.9. The molecule has 0 saturated carbocycles. The quantitative estimate of drug-likeness (QED) is 0.324. The standard InChI is InChI=1S/C31H33N3O3/c1-21(2)33(30(36)22-14-16-23(17-15-22)31(3,4)5)20-28(35)34-25-11-7-6-10-24(25)32-18-8-12-26(32)29(34)27-13-9-19-37-27/h6-19,21,29H,20H2,1-5H3. The number of amides is 2. The van der Waals surface area contributed by atoms with E-state index in [9.17, 15) is 9.59 Å². The van der Waals surface area contributed by atoms with Crippen LogP contribution in [0, 0.1) is 0 Å². The molecule has 0 aliphatic carbocycles. The van der Waals surface area contributed by atoms with Crippen LogP contribution < -0.4 is 4.90 Å². The van der Waals surface area contributed by atoms with Crippen molar-refractivity contribution in [1.29, 1.82) is 0 Å². The molecule has 0 fully saturated rings. The van der Waals surface area contributed by atoms with E-state index in [1.807, 2.05) is 92.8 Å². The van der Waals surface area contributed by atoms with Crippen LogP contribution in [-0.4, -0.2) is 33.9 Å². The molecule has 0 N–H and O–H groups in total. The topological polar surface area (TPSA) is 58.7 Å². The van der Waals surface area contributed by atoms with Gasteiger partial charge in [0.2, 0.25) is 5.91 Å². The molecule has 1 aliphatic heterocycles. The monoisotopic (exact) mass is 495 g/mol. The van der Waals surface area contributed by atoms with E-state index in [2.05, 4.69) is 25.3 Å². The molecule has 1 atom stereocenters. The summed E-state index contributed by atoms with van der Waals surface area (Å²) in [7, 11) is 0. The van der Waals surface area contributed by atoms with Gasteiger partial charge < -0.3 is 13.9 Å². The predicted octanol–water partition coefficient (Wildman–Crippen LogP) is 6.35. The third-order valence-corrected chi connectivity index (χ3v) is 6.99. The zero-order valence-electron chi connectivity index (χ0n) is 22.0. The van der Waals surface area contributed by atoms with Gasteiger partial charge in [-0.25, -0.2) is 0 Å². The van der Waals surface area contributed by atoms with E-state index in [0.717, 1.165) is 22.6 Å². The first-order chi connectivity index (χ1) is 17.7. The maximum absolute atomic E-state index is 14.1. The first-order valence-corrected chi connectivity index (χ1v) is 12.7. The largest absolute Gasteiger partial charge is 0.467 e. The van der Waals surface area contributed by atoms with Gasteiger partial charge >= 0.3 is 0 Å². The number of anilines is 1. The second kappa shape index (κ2) is 9.43. The summed E-state index contributed by atoms with van der Waals surface area (Å²) in [5.41, 5.74) is 4.36. The number of para-hydroxylation sites is 2. The van der Waals surface area contributed by atoms with E-state index in [1.54, 1.807) is 16.1 Å². The van der Waals surface area contributed by atoms with Gasteiger partial charge in [-0.2, -0.15) is 0 Å². The van der Waals surface area contributed by atoms with Gasteiger partial charge in [0.1, 0.15) is 18.3 Å². The van der Waals surface area contributed by atoms with Crippen LogP contribution in [0.2, 0.25) is 0 Å². The number of rotatable bonds is 5. The third-order valence-electron chi connectivity index (χ3n) is 6.99. The van der Waals surface area contributed by atoms with Crippen molar-refractivity contribution in [1.82, 2.24) is 9.47 Å². The fraction of sp³-hybridized carbons (Fsp3) is 0.290. The fourth-order valence-corrected chi connectivity index (χ4v) is 4.97. The van der Waals surface area contributed by atoms with E-state index in [1.165, 1.54) is 0 Å². The zero-order valence-corrected chi connectivity index (χ0v) is 22.0. The van der Waals surface area contributed by atoms with Gasteiger partial charge in [-0.15, -0.1) is 0 Å². The minimum absolute atomic E-state index is 0.00450. The van der Waals surface area contributed by atoms with Gasteiger partial charge in [-0.05, 0) is 73.4 Å². The predicted molar refractivity (Wildman–Crippen MR) is 145 cm³/mol. The van der Waals surface area contributed by atoms with Crippen LogP contribution in [-0.2, 0) is 10.2 Å². The van der Waals surface area contributed by atoms with Crippen LogP contribution in [0.4, 0.5) is 5.69 Å². The van der Waals surface area contributed by atoms with Gasteiger partial charge in [0, 0.05) is 17.8 Å². The molecule has 6 heteroatoms. The van der Waals surface area contributed by atoms with Crippen LogP contribution in [0.1, 0.15) is 68.0 Å². The minimum Gasteiger partial charge on any atom is -0.467 e. The molecule has 4 aromatic rings. The van der Waals surface area contributed by atoms with E-state index >= 15 is 0 Å². The Bertz CT molecular complexity index is 1410. The molecule has 0 radical (unpaired) electrons. The Kier molecular flexibility index (Phi) is 6.28. The summed E-state index contributed by atoms with van der Waals surface area (Å²) in [4.78, 5) is 31.1. The van der Waals surface area contributed by atoms with Crippen molar-refractivity contribution in [2.24, 2.45) is 0 Å². The van der Waals surface area contributed by atoms with Gasteiger partial charge in [-0.3, -0.25) is 14.5 Å². The highest BCUT2D eigenvalue weighted by atomic mass is 16.3. The molecule has 6 nitrogen and oxygen atoms in total. The Hall–Kier alpha value is -4.06. The third kappa shape index (κ3) is 4.48. The molecule has 0 saturated heterocycles. The maximum Gasteiger partial charge on any atom is 0.254 e. The lowest BCUT2D eigenvalue weighted by Gasteiger charge is -2.38. The lowest BCUT2D eigenvalue weighted by molar-refractivity contribution is -0.120. The van der Waals surface area contributed by atoms with Crippen molar-refractivity contribution < 1.29 is 14.0 Å². The lowest BCUT2D eigenvalue weighted by Crippen LogP contribution is -2.48. The molecule has 37 heavy (non-hydrogen) atoms. The number of carbonyl (C=O) groups is 2. The van der Waals surface area contributed by atoms with Crippen LogP contribution in [0.25, 0.3) is 5.69 Å². The van der Waals surface area contributed by atoms with Crippen LogP contribution in [0.3, 0.4) is 0 Å². The summed E-state index contributed by atoms with van der Waals surface area (Å²) in [5, 5.41) is 0. The van der Waals surface area contributed by atoms with Crippen LogP contribution in [0.15, 0.2) is 89.7 Å². The molecule has 0 bridgehead atoms. The van der Waals surface area contributed by atoms with Gasteiger partial charge in [0.05, 0.1) is 23.3 Å². The highest BCUT2D eigenvalue weighted by Crippen LogP contribution is 2.42. The Morgan fingerprint density at radius 2 is 1.62 bits per heavy atom. The van der Waals surface area contributed by atoms with Crippen molar-refractivity contribution in [3.05, 3.63) is 108 Å². The number of hydrogen-bond acceptors (Lipinski definition) is 3. The number of fused-ring (bicyclic) bond motifs is 3. The molecular weight excluding hydrogens is 462 g/mol. The summed E-state index contributed by atoms with van der Waals surface area (Å²) in [6, 6.07) is 22.6. The molecule has 2 amide bonds. The maximum atomic E-state index is 14.1. The molecule has 2 aromatic heterocycles. The molecule has 190 valence electrons. The molecule has 0 spiro atoms. The molecule has 2 aromatic carbocycles. The zero-order chi connectivity index (χ0) is 26.3. The second-order valence-electron chi connectivity index (χ2n) is 10.8. The number of furan rings is 1. The van der Waals surface area contributed by atoms with Gasteiger partial charge in [0.15, 0.2) is 0 Å². The number of carbonyl (C=O) groups excluding carboxylic acids is 2. The summed E-state index contributed by atoms with van der Waals surface area (Å²) in [6.07, 6.45) is 3.62. The Balaban J connectivity index is 1.50. The highest BCUT2D eigenvalue weighted by Gasteiger charge is 2.38.